The summed E-state index contributed by atoms with van der Waals surface area (Å²) in [5.74, 6) is 0.0948. The molecule has 0 saturated carbocycles. The van der Waals surface area contributed by atoms with Gasteiger partial charge in [-0.1, -0.05) is 6.92 Å². The van der Waals surface area contributed by atoms with Crippen molar-refractivity contribution in [2.45, 2.75) is 32.2 Å². The zero-order valence-electron chi connectivity index (χ0n) is 10.9. The molecule has 4 nitrogen and oxygen atoms in total. The first-order chi connectivity index (χ1) is 9.29. The number of aromatic amines is 1. The molecule has 1 aliphatic rings. The van der Waals surface area contributed by atoms with Crippen molar-refractivity contribution >= 4 is 17.2 Å². The van der Waals surface area contributed by atoms with Crippen LogP contribution >= 0.6 is 11.3 Å². The third-order valence-electron chi connectivity index (χ3n) is 3.61. The summed E-state index contributed by atoms with van der Waals surface area (Å²) in [6.07, 6.45) is 4.80. The smallest absolute Gasteiger partial charge is 0.270 e. The van der Waals surface area contributed by atoms with Gasteiger partial charge in [0.2, 0.25) is 0 Å². The summed E-state index contributed by atoms with van der Waals surface area (Å²) >= 11 is 1.63. The Kier molecular flexibility index (Phi) is 3.38. The molecule has 0 aromatic carbocycles. The minimum atomic E-state index is 0.0948. The molecule has 0 bridgehead atoms. The summed E-state index contributed by atoms with van der Waals surface area (Å²) in [5, 5.41) is 3.02. The Labute approximate surface area is 116 Å². The number of thiazole rings is 1. The summed E-state index contributed by atoms with van der Waals surface area (Å²) in [5.41, 5.74) is 1.80. The molecular weight excluding hydrogens is 258 g/mol. The predicted octanol–water partition coefficient (Wildman–Crippen LogP) is 3.01. The number of hydrogen-bond donors (Lipinski definition) is 1. The van der Waals surface area contributed by atoms with Crippen molar-refractivity contribution in [3.63, 3.8) is 0 Å². The monoisotopic (exact) mass is 275 g/mol. The highest BCUT2D eigenvalue weighted by molar-refractivity contribution is 7.09. The Hall–Kier alpha value is -1.62. The fraction of sp³-hybridized carbons (Fsp3) is 0.429. The molecule has 3 rings (SSSR count). The van der Waals surface area contributed by atoms with Crippen LogP contribution in [0.2, 0.25) is 0 Å². The molecule has 1 fully saturated rings. The number of hydrogen-bond acceptors (Lipinski definition) is 3. The molecule has 0 radical (unpaired) electrons. The van der Waals surface area contributed by atoms with E-state index >= 15 is 0 Å². The molecule has 0 aliphatic carbocycles. The maximum Gasteiger partial charge on any atom is 0.270 e. The van der Waals surface area contributed by atoms with Gasteiger partial charge in [0.1, 0.15) is 10.7 Å². The number of aromatic nitrogens is 2. The number of rotatable bonds is 3. The van der Waals surface area contributed by atoms with Gasteiger partial charge in [0.25, 0.3) is 5.91 Å². The van der Waals surface area contributed by atoms with Crippen LogP contribution in [0, 0.1) is 0 Å². The van der Waals surface area contributed by atoms with Gasteiger partial charge in [-0.15, -0.1) is 11.3 Å². The number of nitrogens with zero attached hydrogens (tertiary/aromatic N) is 2. The van der Waals surface area contributed by atoms with Crippen LogP contribution in [-0.2, 0) is 6.42 Å². The predicted molar refractivity (Wildman–Crippen MR) is 75.3 cm³/mol. The molecule has 2 aromatic rings. The molecule has 1 N–H and O–H groups in total. The summed E-state index contributed by atoms with van der Waals surface area (Å²) in [6.45, 7) is 2.90. The highest BCUT2D eigenvalue weighted by Crippen LogP contribution is 2.33. The number of carbonyl (C=O) groups is 1. The van der Waals surface area contributed by atoms with Crippen LogP contribution in [0.1, 0.15) is 47.0 Å². The average Bonchev–Trinajstić information content (AvgIpc) is 3.16. The van der Waals surface area contributed by atoms with Crippen LogP contribution < -0.4 is 0 Å². The Morgan fingerprint density at radius 3 is 3.16 bits per heavy atom. The van der Waals surface area contributed by atoms with E-state index in [-0.39, 0.29) is 11.9 Å². The summed E-state index contributed by atoms with van der Waals surface area (Å²) in [4.78, 5) is 22.1. The zero-order valence-corrected chi connectivity index (χ0v) is 11.7. The summed E-state index contributed by atoms with van der Waals surface area (Å²) in [6, 6.07) is 4.03. The molecule has 100 valence electrons. The van der Waals surface area contributed by atoms with Gasteiger partial charge in [-0.3, -0.25) is 4.79 Å². The Bertz CT molecular complexity index is 561. The summed E-state index contributed by atoms with van der Waals surface area (Å²) < 4.78 is 0. The second kappa shape index (κ2) is 5.17. The number of amides is 1. The van der Waals surface area contributed by atoms with E-state index in [1.807, 2.05) is 28.6 Å². The minimum absolute atomic E-state index is 0.0948. The van der Waals surface area contributed by atoms with Crippen LogP contribution in [0.5, 0.6) is 0 Å². The highest BCUT2D eigenvalue weighted by atomic mass is 32.1. The number of aryl methyl sites for hydroxylation is 1. The van der Waals surface area contributed by atoms with Crippen molar-refractivity contribution < 1.29 is 4.79 Å². The Balaban J connectivity index is 1.82. The first-order valence-electron chi connectivity index (χ1n) is 6.68. The Morgan fingerprint density at radius 2 is 2.47 bits per heavy atom. The van der Waals surface area contributed by atoms with E-state index < -0.39 is 0 Å². The third-order valence-corrected chi connectivity index (χ3v) is 4.48. The van der Waals surface area contributed by atoms with Crippen LogP contribution in [0.15, 0.2) is 23.7 Å². The van der Waals surface area contributed by atoms with Crippen molar-refractivity contribution in [2.75, 3.05) is 6.54 Å². The van der Waals surface area contributed by atoms with Gasteiger partial charge in [-0.05, 0) is 31.4 Å². The van der Waals surface area contributed by atoms with Gasteiger partial charge in [0.15, 0.2) is 0 Å². The summed E-state index contributed by atoms with van der Waals surface area (Å²) in [7, 11) is 0. The van der Waals surface area contributed by atoms with Gasteiger partial charge in [-0.2, -0.15) is 0 Å². The van der Waals surface area contributed by atoms with Crippen molar-refractivity contribution in [2.24, 2.45) is 0 Å². The number of likely N-dealkylation sites (tertiary alicyclic amines) is 1. The lowest BCUT2D eigenvalue weighted by atomic mass is 10.2. The molecule has 1 amide bonds. The van der Waals surface area contributed by atoms with Gasteiger partial charge in [0.05, 0.1) is 6.04 Å². The topological polar surface area (TPSA) is 49.0 Å². The normalized spacial score (nSPS) is 19.0. The number of nitrogens with one attached hydrogen (secondary N) is 1. The maximum absolute atomic E-state index is 12.6. The first-order valence-corrected chi connectivity index (χ1v) is 7.56. The maximum atomic E-state index is 12.6. The standard InChI is InChI=1S/C14H17N3OS/c1-2-10-5-6-11(16-10)14(18)17-8-3-4-12(17)13-15-7-9-19-13/h5-7,9,12,16H,2-4,8H2,1H3/t12-/m0/s1. The largest absolute Gasteiger partial charge is 0.354 e. The van der Waals surface area contributed by atoms with E-state index in [9.17, 15) is 4.79 Å². The number of H-pyrrole nitrogens is 1. The average molecular weight is 275 g/mol. The molecule has 1 atom stereocenters. The fourth-order valence-electron chi connectivity index (χ4n) is 2.59. The second-order valence-corrected chi connectivity index (χ2v) is 5.70. The van der Waals surface area contributed by atoms with Crippen LogP contribution in [0.4, 0.5) is 0 Å². The van der Waals surface area contributed by atoms with E-state index in [0.717, 1.165) is 36.5 Å². The van der Waals surface area contributed by atoms with Gasteiger partial charge in [0, 0.05) is 23.8 Å². The molecule has 5 heteroatoms. The minimum Gasteiger partial charge on any atom is -0.354 e. The van der Waals surface area contributed by atoms with Gasteiger partial charge >= 0.3 is 0 Å². The van der Waals surface area contributed by atoms with Crippen LogP contribution in [-0.4, -0.2) is 27.3 Å². The van der Waals surface area contributed by atoms with Gasteiger partial charge < -0.3 is 9.88 Å². The van der Waals surface area contributed by atoms with E-state index in [1.54, 1.807) is 11.3 Å². The van der Waals surface area contributed by atoms with E-state index in [1.165, 1.54) is 0 Å². The SMILES string of the molecule is CCc1ccc(C(=O)N2CCC[C@H]2c2nccs2)[nH]1. The molecule has 1 aliphatic heterocycles. The third kappa shape index (κ3) is 2.30. The molecule has 1 saturated heterocycles. The number of carbonyl (C=O) groups excluding carboxylic acids is 1. The molecule has 19 heavy (non-hydrogen) atoms. The fourth-order valence-corrected chi connectivity index (χ4v) is 3.38. The highest BCUT2D eigenvalue weighted by Gasteiger charge is 2.32. The quantitative estimate of drug-likeness (QED) is 0.936. The molecule has 2 aromatic heterocycles. The molecular formula is C14H17N3OS. The lowest BCUT2D eigenvalue weighted by Gasteiger charge is -2.22. The zero-order chi connectivity index (χ0) is 13.2. The van der Waals surface area contributed by atoms with Crippen molar-refractivity contribution in [3.05, 3.63) is 40.1 Å². The van der Waals surface area contributed by atoms with E-state index in [2.05, 4.69) is 16.9 Å². The van der Waals surface area contributed by atoms with E-state index in [4.69, 9.17) is 0 Å². The second-order valence-electron chi connectivity index (χ2n) is 4.78. The molecule has 0 spiro atoms. The van der Waals surface area contributed by atoms with Gasteiger partial charge in [-0.25, -0.2) is 4.98 Å². The van der Waals surface area contributed by atoms with Crippen LogP contribution in [0.25, 0.3) is 0 Å². The van der Waals surface area contributed by atoms with Crippen molar-refractivity contribution in [1.29, 1.82) is 0 Å². The Morgan fingerprint density at radius 1 is 1.58 bits per heavy atom. The van der Waals surface area contributed by atoms with Crippen molar-refractivity contribution in [3.8, 4) is 0 Å². The molecule has 0 unspecified atom stereocenters. The first kappa shape index (κ1) is 12.4. The lowest BCUT2D eigenvalue weighted by molar-refractivity contribution is 0.0730. The lowest BCUT2D eigenvalue weighted by Crippen LogP contribution is -2.30. The van der Waals surface area contributed by atoms with Crippen LogP contribution in [0.3, 0.4) is 0 Å². The molecule has 3 heterocycles. The van der Waals surface area contributed by atoms with Crippen molar-refractivity contribution in [1.82, 2.24) is 14.9 Å². The van der Waals surface area contributed by atoms with E-state index in [0.29, 0.717) is 5.69 Å².